The van der Waals surface area contributed by atoms with Crippen molar-refractivity contribution in [1.29, 1.82) is 0 Å². The topological polar surface area (TPSA) is 214 Å². The maximum Gasteiger partial charge on any atom is 0.306 e. The standard InChI is InChI=1S/C57H100O14/c1-3-5-7-9-11-13-15-17-19-21-22-23-25-27-29-31-33-35-37-39-41-66-43-46(69-49(59)40-38-36-34-32-30-28-26-24-20-18-16-14-12-10-8-6-4-2)44-67-56-55(65)53(63)51(61)48(71-56)45-68-57-54(64)52(62)50(60)47(42-58)70-57/h6,8,12,14,18,20,26,28,32,34,46-48,50-58,60-65H,3-5,7,9-11,13,15-17,19,21-25,27,29-31,33,35-45H2,1-2H3/b8-6-,14-12-,20-18-,28-26-,34-32-. The van der Waals surface area contributed by atoms with Gasteiger partial charge in [-0.3, -0.25) is 4.79 Å². The van der Waals surface area contributed by atoms with Gasteiger partial charge in [0.15, 0.2) is 12.6 Å². The van der Waals surface area contributed by atoms with Crippen molar-refractivity contribution in [2.24, 2.45) is 0 Å². The Labute approximate surface area is 428 Å². The Kier molecular flexibility index (Phi) is 40.2. The highest BCUT2D eigenvalue weighted by Crippen LogP contribution is 2.26. The average Bonchev–Trinajstić information content (AvgIpc) is 3.37. The average molecular weight is 1010 g/mol. The zero-order valence-electron chi connectivity index (χ0n) is 43.9. The lowest BCUT2D eigenvalue weighted by molar-refractivity contribution is -0.332. The van der Waals surface area contributed by atoms with Crippen molar-refractivity contribution in [3.8, 4) is 0 Å². The molecule has 2 rings (SSSR count). The highest BCUT2D eigenvalue weighted by molar-refractivity contribution is 5.69. The van der Waals surface area contributed by atoms with Crippen LogP contribution in [0, 0.1) is 0 Å². The first-order valence-corrected chi connectivity index (χ1v) is 27.9. The number of unbranched alkanes of at least 4 members (excludes halogenated alkanes) is 20. The van der Waals surface area contributed by atoms with Crippen molar-refractivity contribution < 1.29 is 69.0 Å². The van der Waals surface area contributed by atoms with Gasteiger partial charge in [-0.05, 0) is 51.4 Å². The van der Waals surface area contributed by atoms with Crippen LogP contribution in [0.1, 0.15) is 194 Å². The molecule has 14 nitrogen and oxygen atoms in total. The molecule has 0 aromatic heterocycles. The minimum Gasteiger partial charge on any atom is -0.457 e. The van der Waals surface area contributed by atoms with Crippen molar-refractivity contribution in [1.82, 2.24) is 0 Å². The molecule has 2 heterocycles. The maximum atomic E-state index is 13.0. The van der Waals surface area contributed by atoms with E-state index in [9.17, 15) is 40.5 Å². The molecule has 412 valence electrons. The summed E-state index contributed by atoms with van der Waals surface area (Å²) < 4.78 is 34.3. The van der Waals surface area contributed by atoms with Crippen molar-refractivity contribution in [3.63, 3.8) is 0 Å². The molecule has 0 aliphatic carbocycles. The third-order valence-corrected chi connectivity index (χ3v) is 13.0. The normalized spacial score (nSPS) is 25.8. The Bertz CT molecular complexity index is 1400. The Balaban J connectivity index is 1.75. The summed E-state index contributed by atoms with van der Waals surface area (Å²) in [5.74, 6) is -0.431. The molecule has 0 bridgehead atoms. The highest BCUT2D eigenvalue weighted by atomic mass is 16.7. The number of carbonyl (C=O) groups excluding carboxylic acids is 1. The first-order valence-electron chi connectivity index (χ1n) is 27.9. The number of hydrogen-bond acceptors (Lipinski definition) is 14. The first kappa shape index (κ1) is 64.8. The number of allylic oxidation sites excluding steroid dienone is 10. The number of hydrogen-bond donors (Lipinski definition) is 7. The van der Waals surface area contributed by atoms with E-state index in [1.54, 1.807) is 0 Å². The van der Waals surface area contributed by atoms with E-state index in [2.05, 4.69) is 74.6 Å². The second kappa shape index (κ2) is 44.0. The first-order chi connectivity index (χ1) is 34.6. The van der Waals surface area contributed by atoms with Gasteiger partial charge in [-0.15, -0.1) is 0 Å². The molecule has 14 heteroatoms. The Hall–Kier alpha value is -2.31. The zero-order valence-corrected chi connectivity index (χ0v) is 43.9. The molecule has 0 aromatic carbocycles. The molecule has 2 aliphatic heterocycles. The molecular formula is C57H100O14. The molecule has 11 unspecified atom stereocenters. The van der Waals surface area contributed by atoms with Crippen LogP contribution in [0.15, 0.2) is 60.8 Å². The number of carbonyl (C=O) groups is 1. The van der Waals surface area contributed by atoms with Gasteiger partial charge in [0.1, 0.15) is 54.9 Å². The summed E-state index contributed by atoms with van der Waals surface area (Å²) in [4.78, 5) is 13.0. The van der Waals surface area contributed by atoms with Gasteiger partial charge in [0, 0.05) is 13.0 Å². The largest absolute Gasteiger partial charge is 0.457 e. The van der Waals surface area contributed by atoms with E-state index in [-0.39, 0.29) is 19.6 Å². The summed E-state index contributed by atoms with van der Waals surface area (Å²) >= 11 is 0. The molecule has 0 amide bonds. The van der Waals surface area contributed by atoms with Gasteiger partial charge in [-0.1, -0.05) is 197 Å². The molecule has 0 spiro atoms. The van der Waals surface area contributed by atoms with E-state index in [4.69, 9.17) is 28.4 Å². The van der Waals surface area contributed by atoms with E-state index in [0.717, 1.165) is 51.4 Å². The number of ether oxygens (including phenoxy) is 6. The van der Waals surface area contributed by atoms with Crippen LogP contribution in [0.25, 0.3) is 0 Å². The van der Waals surface area contributed by atoms with Gasteiger partial charge in [0.05, 0.1) is 26.4 Å². The van der Waals surface area contributed by atoms with Crippen LogP contribution >= 0.6 is 0 Å². The zero-order chi connectivity index (χ0) is 51.6. The molecule has 2 fully saturated rings. The van der Waals surface area contributed by atoms with Crippen LogP contribution < -0.4 is 0 Å². The minimum atomic E-state index is -1.72. The van der Waals surface area contributed by atoms with Gasteiger partial charge in [-0.25, -0.2) is 0 Å². The summed E-state index contributed by atoms with van der Waals surface area (Å²) in [6, 6.07) is 0. The van der Waals surface area contributed by atoms with Crippen molar-refractivity contribution in [2.45, 2.75) is 261 Å². The fourth-order valence-electron chi connectivity index (χ4n) is 8.56. The smallest absolute Gasteiger partial charge is 0.306 e. The summed E-state index contributed by atoms with van der Waals surface area (Å²) in [5, 5.41) is 72.2. The third-order valence-electron chi connectivity index (χ3n) is 13.0. The van der Waals surface area contributed by atoms with Gasteiger partial charge >= 0.3 is 5.97 Å². The van der Waals surface area contributed by atoms with E-state index < -0.39 is 86.7 Å². The second-order valence-electron chi connectivity index (χ2n) is 19.4. The van der Waals surface area contributed by atoms with Gasteiger partial charge in [0.25, 0.3) is 0 Å². The van der Waals surface area contributed by atoms with E-state index in [1.807, 2.05) is 0 Å². The van der Waals surface area contributed by atoms with Crippen LogP contribution in [0.2, 0.25) is 0 Å². The molecule has 0 saturated carbocycles. The molecule has 71 heavy (non-hydrogen) atoms. The fourth-order valence-corrected chi connectivity index (χ4v) is 8.56. The van der Waals surface area contributed by atoms with Crippen LogP contribution in [0.3, 0.4) is 0 Å². The highest BCUT2D eigenvalue weighted by Gasteiger charge is 2.47. The molecule has 0 aromatic rings. The van der Waals surface area contributed by atoms with Crippen LogP contribution in [0.5, 0.6) is 0 Å². The van der Waals surface area contributed by atoms with E-state index in [1.165, 1.54) is 109 Å². The van der Waals surface area contributed by atoms with Crippen molar-refractivity contribution >= 4 is 5.97 Å². The minimum absolute atomic E-state index is 0.0390. The summed E-state index contributed by atoms with van der Waals surface area (Å²) in [7, 11) is 0. The Morgan fingerprint density at radius 3 is 1.38 bits per heavy atom. The SMILES string of the molecule is CC/C=C\C/C=C\C/C=C\C/C=C\C/C=C\CCCC(=O)OC(COCCCCCCCCCCCCCCCCCCCCCC)COC1OC(COC2OC(CO)C(O)C(O)C2O)C(O)C(O)C1O. The number of rotatable bonds is 44. The molecule has 0 radical (unpaired) electrons. The molecular weight excluding hydrogens is 909 g/mol. The summed E-state index contributed by atoms with van der Waals surface area (Å²) in [6.07, 6.45) is 37.2. The van der Waals surface area contributed by atoms with Crippen molar-refractivity contribution in [3.05, 3.63) is 60.8 Å². The maximum absolute atomic E-state index is 13.0. The van der Waals surface area contributed by atoms with Gasteiger partial charge in [-0.2, -0.15) is 0 Å². The molecule has 7 N–H and O–H groups in total. The Morgan fingerprint density at radius 1 is 0.479 bits per heavy atom. The van der Waals surface area contributed by atoms with Crippen LogP contribution in [0.4, 0.5) is 0 Å². The van der Waals surface area contributed by atoms with Gasteiger partial charge in [0.2, 0.25) is 0 Å². The summed E-state index contributed by atoms with van der Waals surface area (Å²) in [6.45, 7) is 3.52. The number of aliphatic hydroxyl groups is 7. The van der Waals surface area contributed by atoms with Crippen molar-refractivity contribution in [2.75, 3.05) is 33.0 Å². The van der Waals surface area contributed by atoms with Gasteiger partial charge < -0.3 is 64.2 Å². The lowest BCUT2D eigenvalue weighted by atomic mass is 9.98. The number of esters is 1. The second-order valence-corrected chi connectivity index (χ2v) is 19.4. The monoisotopic (exact) mass is 1010 g/mol. The van der Waals surface area contributed by atoms with E-state index >= 15 is 0 Å². The van der Waals surface area contributed by atoms with Crippen LogP contribution in [-0.2, 0) is 33.2 Å². The van der Waals surface area contributed by atoms with E-state index in [0.29, 0.717) is 19.4 Å². The fraction of sp³-hybridized carbons (Fsp3) is 0.807. The lowest BCUT2D eigenvalue weighted by Gasteiger charge is -2.42. The summed E-state index contributed by atoms with van der Waals surface area (Å²) in [5.41, 5.74) is 0. The predicted molar refractivity (Wildman–Crippen MR) is 279 cm³/mol. The quantitative estimate of drug-likeness (QED) is 0.0172. The molecule has 2 saturated heterocycles. The Morgan fingerprint density at radius 2 is 0.901 bits per heavy atom. The molecule has 11 atom stereocenters. The number of aliphatic hydroxyl groups excluding tert-OH is 7. The van der Waals surface area contributed by atoms with Crippen LogP contribution in [-0.4, -0.2) is 142 Å². The predicted octanol–water partition coefficient (Wildman–Crippen LogP) is 9.30. The lowest BCUT2D eigenvalue weighted by Crippen LogP contribution is -2.61. The third kappa shape index (κ3) is 31.2. The molecule has 2 aliphatic rings.